The molecule has 0 atom stereocenters. The Bertz CT molecular complexity index is 499. The molecule has 1 aromatic rings. The van der Waals surface area contributed by atoms with E-state index in [9.17, 15) is 9.59 Å². The van der Waals surface area contributed by atoms with E-state index in [-0.39, 0.29) is 12.5 Å². The summed E-state index contributed by atoms with van der Waals surface area (Å²) in [4.78, 5) is 23.0. The summed E-state index contributed by atoms with van der Waals surface area (Å²) < 4.78 is 5.67. The smallest absolute Gasteiger partial charge is 0.310 e. The van der Waals surface area contributed by atoms with Crippen LogP contribution in [0.1, 0.15) is 24.2 Å². The van der Waals surface area contributed by atoms with E-state index in [2.05, 4.69) is 21.2 Å². The van der Waals surface area contributed by atoms with Crippen LogP contribution in [-0.2, 0) is 4.79 Å². The van der Waals surface area contributed by atoms with E-state index >= 15 is 0 Å². The van der Waals surface area contributed by atoms with Gasteiger partial charge < -0.3 is 15.2 Å². The van der Waals surface area contributed by atoms with Crippen LogP contribution in [-0.4, -0.2) is 30.6 Å². The summed E-state index contributed by atoms with van der Waals surface area (Å²) in [6.07, 6.45) is 0. The number of benzene rings is 1. The van der Waals surface area contributed by atoms with Crippen molar-refractivity contribution in [3.05, 3.63) is 28.2 Å². The van der Waals surface area contributed by atoms with E-state index in [0.29, 0.717) is 15.8 Å². The van der Waals surface area contributed by atoms with Gasteiger partial charge in [0.2, 0.25) is 0 Å². The second kappa shape index (κ2) is 6.06. The molecule has 0 fully saturated rings. The van der Waals surface area contributed by atoms with E-state index in [1.807, 2.05) is 0 Å². The SMILES string of the molecule is COc1ccc(Br)c(C(=O)NCC(C)(C)C(=O)O)c1. The Labute approximate surface area is 120 Å². The van der Waals surface area contributed by atoms with Crippen molar-refractivity contribution in [2.45, 2.75) is 13.8 Å². The molecule has 0 bridgehead atoms. The number of hydrogen-bond acceptors (Lipinski definition) is 3. The third-order valence-corrected chi connectivity index (χ3v) is 3.38. The summed E-state index contributed by atoms with van der Waals surface area (Å²) in [7, 11) is 1.51. The number of amides is 1. The molecular formula is C13H16BrNO4. The minimum Gasteiger partial charge on any atom is -0.497 e. The highest BCUT2D eigenvalue weighted by molar-refractivity contribution is 9.10. The summed E-state index contributed by atoms with van der Waals surface area (Å²) in [6, 6.07) is 5.02. The molecule has 2 N–H and O–H groups in total. The van der Waals surface area contributed by atoms with Gasteiger partial charge in [-0.25, -0.2) is 0 Å². The average molecular weight is 330 g/mol. The predicted octanol–water partition coefficient (Wildman–Crippen LogP) is 2.30. The molecule has 0 saturated heterocycles. The van der Waals surface area contributed by atoms with Crippen LogP contribution >= 0.6 is 15.9 Å². The number of halogens is 1. The lowest BCUT2D eigenvalue weighted by atomic mass is 9.94. The summed E-state index contributed by atoms with van der Waals surface area (Å²) in [5.74, 6) is -0.747. The Kier molecular flexibility index (Phi) is 4.94. The zero-order chi connectivity index (χ0) is 14.6. The van der Waals surface area contributed by atoms with Gasteiger partial charge in [-0.3, -0.25) is 9.59 Å². The lowest BCUT2D eigenvalue weighted by Crippen LogP contribution is -2.39. The number of hydrogen-bond donors (Lipinski definition) is 2. The molecule has 0 aliphatic carbocycles. The summed E-state index contributed by atoms with van der Waals surface area (Å²) >= 11 is 3.28. The van der Waals surface area contributed by atoms with Crippen molar-refractivity contribution in [2.75, 3.05) is 13.7 Å². The number of aliphatic carboxylic acids is 1. The van der Waals surface area contributed by atoms with E-state index < -0.39 is 11.4 Å². The van der Waals surface area contributed by atoms with Gasteiger partial charge in [0.05, 0.1) is 18.1 Å². The quantitative estimate of drug-likeness (QED) is 0.869. The van der Waals surface area contributed by atoms with Gasteiger partial charge in [-0.15, -0.1) is 0 Å². The van der Waals surface area contributed by atoms with Gasteiger partial charge in [0.1, 0.15) is 5.75 Å². The molecule has 0 spiro atoms. The summed E-state index contributed by atoms with van der Waals surface area (Å²) in [5.41, 5.74) is -0.610. The normalized spacial score (nSPS) is 10.9. The standard InChI is InChI=1S/C13H16BrNO4/c1-13(2,12(17)18)7-15-11(16)9-6-8(19-3)4-5-10(9)14/h4-6H,7H2,1-3H3,(H,15,16)(H,17,18). The van der Waals surface area contributed by atoms with Gasteiger partial charge in [-0.1, -0.05) is 0 Å². The van der Waals surface area contributed by atoms with Crippen molar-refractivity contribution < 1.29 is 19.4 Å². The molecular weight excluding hydrogens is 314 g/mol. The molecule has 19 heavy (non-hydrogen) atoms. The molecule has 5 nitrogen and oxygen atoms in total. The lowest BCUT2D eigenvalue weighted by Gasteiger charge is -2.19. The van der Waals surface area contributed by atoms with Crippen molar-refractivity contribution in [1.29, 1.82) is 0 Å². The number of carbonyl (C=O) groups excluding carboxylic acids is 1. The van der Waals surface area contributed by atoms with Gasteiger partial charge in [0.15, 0.2) is 0 Å². The van der Waals surface area contributed by atoms with Crippen LogP contribution in [0.25, 0.3) is 0 Å². The molecule has 1 amide bonds. The lowest BCUT2D eigenvalue weighted by molar-refractivity contribution is -0.146. The maximum absolute atomic E-state index is 12.0. The van der Waals surface area contributed by atoms with Gasteiger partial charge in [0.25, 0.3) is 5.91 Å². The third kappa shape index (κ3) is 3.96. The van der Waals surface area contributed by atoms with Gasteiger partial charge >= 0.3 is 5.97 Å². The highest BCUT2D eigenvalue weighted by atomic mass is 79.9. The highest BCUT2D eigenvalue weighted by Crippen LogP contribution is 2.22. The minimum atomic E-state index is -1.01. The number of carbonyl (C=O) groups is 2. The monoisotopic (exact) mass is 329 g/mol. The topological polar surface area (TPSA) is 75.6 Å². The molecule has 6 heteroatoms. The minimum absolute atomic E-state index is 0.0464. The number of methoxy groups -OCH3 is 1. The maximum Gasteiger partial charge on any atom is 0.310 e. The zero-order valence-electron chi connectivity index (χ0n) is 11.0. The fourth-order valence-electron chi connectivity index (χ4n) is 1.28. The molecule has 0 aliphatic rings. The zero-order valence-corrected chi connectivity index (χ0v) is 12.6. The number of ether oxygens (including phenoxy) is 1. The molecule has 0 unspecified atom stereocenters. The van der Waals surface area contributed by atoms with Crippen molar-refractivity contribution in [2.24, 2.45) is 5.41 Å². The average Bonchev–Trinajstić information content (AvgIpc) is 2.36. The summed E-state index contributed by atoms with van der Waals surface area (Å²) in [5, 5.41) is 11.6. The van der Waals surface area contributed by atoms with Gasteiger partial charge in [-0.05, 0) is 48.0 Å². The van der Waals surface area contributed by atoms with Crippen LogP contribution in [0, 0.1) is 5.41 Å². The van der Waals surface area contributed by atoms with E-state index in [0.717, 1.165) is 0 Å². The molecule has 0 saturated carbocycles. The van der Waals surface area contributed by atoms with Crippen molar-refractivity contribution in [3.8, 4) is 5.75 Å². The second-order valence-electron chi connectivity index (χ2n) is 4.72. The Morgan fingerprint density at radius 1 is 1.42 bits per heavy atom. The summed E-state index contributed by atoms with van der Waals surface area (Å²) in [6.45, 7) is 3.15. The Balaban J connectivity index is 2.82. The molecule has 0 aromatic heterocycles. The largest absolute Gasteiger partial charge is 0.497 e. The first kappa shape index (κ1) is 15.5. The second-order valence-corrected chi connectivity index (χ2v) is 5.57. The van der Waals surface area contributed by atoms with Crippen LogP contribution in [0.3, 0.4) is 0 Å². The molecule has 104 valence electrons. The first-order chi connectivity index (χ1) is 8.77. The fraction of sp³-hybridized carbons (Fsp3) is 0.385. The van der Waals surface area contributed by atoms with Gasteiger partial charge in [-0.2, -0.15) is 0 Å². The third-order valence-electron chi connectivity index (χ3n) is 2.69. The molecule has 0 heterocycles. The van der Waals surface area contributed by atoms with Crippen LogP contribution in [0.2, 0.25) is 0 Å². The predicted molar refractivity (Wildman–Crippen MR) is 74.4 cm³/mol. The van der Waals surface area contributed by atoms with Crippen LogP contribution in [0.5, 0.6) is 5.75 Å². The Morgan fingerprint density at radius 2 is 2.05 bits per heavy atom. The maximum atomic E-state index is 12.0. The van der Waals surface area contributed by atoms with E-state index in [4.69, 9.17) is 9.84 Å². The molecule has 1 rings (SSSR count). The Hall–Kier alpha value is -1.56. The molecule has 0 radical (unpaired) electrons. The highest BCUT2D eigenvalue weighted by Gasteiger charge is 2.28. The fourth-order valence-corrected chi connectivity index (χ4v) is 1.70. The van der Waals surface area contributed by atoms with Crippen LogP contribution in [0.15, 0.2) is 22.7 Å². The Morgan fingerprint density at radius 3 is 2.58 bits per heavy atom. The van der Waals surface area contributed by atoms with Crippen molar-refractivity contribution in [3.63, 3.8) is 0 Å². The number of nitrogens with one attached hydrogen (secondary N) is 1. The van der Waals surface area contributed by atoms with Crippen molar-refractivity contribution >= 4 is 27.8 Å². The molecule has 1 aromatic carbocycles. The first-order valence-electron chi connectivity index (χ1n) is 5.63. The van der Waals surface area contributed by atoms with Gasteiger partial charge in [0, 0.05) is 11.0 Å². The number of carboxylic acid groups (broad SMARTS) is 1. The van der Waals surface area contributed by atoms with Crippen LogP contribution in [0.4, 0.5) is 0 Å². The number of rotatable bonds is 5. The molecule has 0 aliphatic heterocycles. The first-order valence-corrected chi connectivity index (χ1v) is 6.42. The van der Waals surface area contributed by atoms with E-state index in [1.165, 1.54) is 7.11 Å². The van der Waals surface area contributed by atoms with Crippen molar-refractivity contribution in [1.82, 2.24) is 5.32 Å². The van der Waals surface area contributed by atoms with E-state index in [1.54, 1.807) is 32.0 Å². The number of carboxylic acids is 1. The van der Waals surface area contributed by atoms with Crippen LogP contribution < -0.4 is 10.1 Å².